The molecule has 2 aliphatic carbocycles. The fraction of sp³-hybridized carbons (Fsp3) is 0.917. The van der Waals surface area contributed by atoms with Crippen LogP contribution in [0.3, 0.4) is 0 Å². The van der Waals surface area contributed by atoms with Gasteiger partial charge in [-0.1, -0.05) is 6.42 Å². The van der Waals surface area contributed by atoms with Crippen molar-refractivity contribution in [2.24, 2.45) is 17.1 Å². The van der Waals surface area contributed by atoms with Crippen LogP contribution in [-0.4, -0.2) is 31.2 Å². The van der Waals surface area contributed by atoms with Gasteiger partial charge < -0.3 is 15.8 Å². The molecule has 4 nitrogen and oxygen atoms in total. The Balaban J connectivity index is 1.59. The van der Waals surface area contributed by atoms with Crippen LogP contribution in [0.25, 0.3) is 0 Å². The van der Waals surface area contributed by atoms with Gasteiger partial charge in [-0.15, -0.1) is 0 Å². The molecular formula is C12H20N2O2. The van der Waals surface area contributed by atoms with Crippen molar-refractivity contribution in [3.63, 3.8) is 0 Å². The zero-order chi connectivity index (χ0) is 11.2. The number of fused-ring (bicyclic) bond motifs is 2. The number of rotatable bonds is 4. The Labute approximate surface area is 95.9 Å². The second kappa shape index (κ2) is 3.70. The molecule has 3 atom stereocenters. The number of hydrogen-bond acceptors (Lipinski definition) is 3. The van der Waals surface area contributed by atoms with Gasteiger partial charge >= 0.3 is 0 Å². The molecule has 1 heterocycles. The molecule has 1 spiro atoms. The van der Waals surface area contributed by atoms with Crippen LogP contribution < -0.4 is 11.1 Å². The van der Waals surface area contributed by atoms with Crippen LogP contribution in [0.5, 0.6) is 0 Å². The number of nitrogens with one attached hydrogen (secondary N) is 1. The van der Waals surface area contributed by atoms with E-state index in [4.69, 9.17) is 10.5 Å². The Bertz CT molecular complexity index is 301. The first kappa shape index (κ1) is 10.5. The van der Waals surface area contributed by atoms with Crippen LogP contribution in [-0.2, 0) is 9.53 Å². The molecule has 1 saturated heterocycles. The summed E-state index contributed by atoms with van der Waals surface area (Å²) in [6.45, 7) is 1.65. The molecule has 0 aromatic rings. The van der Waals surface area contributed by atoms with E-state index in [0.29, 0.717) is 29.9 Å². The smallest absolute Gasteiger partial charge is 0.218 e. The van der Waals surface area contributed by atoms with E-state index < -0.39 is 0 Å². The van der Waals surface area contributed by atoms with E-state index in [9.17, 15) is 4.79 Å². The zero-order valence-corrected chi connectivity index (χ0v) is 9.58. The van der Waals surface area contributed by atoms with Crippen molar-refractivity contribution >= 4 is 5.91 Å². The highest BCUT2D eigenvalue weighted by Crippen LogP contribution is 2.62. The monoisotopic (exact) mass is 224 g/mol. The van der Waals surface area contributed by atoms with Crippen molar-refractivity contribution in [2.75, 3.05) is 13.2 Å². The van der Waals surface area contributed by atoms with Gasteiger partial charge in [0.1, 0.15) is 0 Å². The fourth-order valence-electron chi connectivity index (χ4n) is 3.91. The van der Waals surface area contributed by atoms with Crippen molar-refractivity contribution in [3.8, 4) is 0 Å². The summed E-state index contributed by atoms with van der Waals surface area (Å²) in [6, 6.07) is 0.577. The van der Waals surface area contributed by atoms with E-state index in [1.807, 2.05) is 0 Å². The van der Waals surface area contributed by atoms with Gasteiger partial charge in [-0.25, -0.2) is 0 Å². The number of carbonyl (C=O) groups excluding carboxylic acids is 1. The van der Waals surface area contributed by atoms with E-state index in [1.165, 1.54) is 25.7 Å². The highest BCUT2D eigenvalue weighted by atomic mass is 16.5. The molecule has 1 amide bonds. The van der Waals surface area contributed by atoms with Crippen LogP contribution in [0.2, 0.25) is 0 Å². The van der Waals surface area contributed by atoms with E-state index in [0.717, 1.165) is 13.2 Å². The molecule has 3 aliphatic rings. The lowest BCUT2D eigenvalue weighted by Gasteiger charge is -2.63. The maximum absolute atomic E-state index is 10.7. The number of primary amides is 1. The minimum absolute atomic E-state index is 0.214. The predicted molar refractivity (Wildman–Crippen MR) is 59.7 cm³/mol. The van der Waals surface area contributed by atoms with Gasteiger partial charge in [-0.3, -0.25) is 4.79 Å². The molecule has 3 rings (SSSR count). The lowest BCUT2D eigenvalue weighted by molar-refractivity contribution is -0.175. The van der Waals surface area contributed by atoms with E-state index >= 15 is 0 Å². The Morgan fingerprint density at radius 3 is 2.94 bits per heavy atom. The largest absolute Gasteiger partial charge is 0.377 e. The van der Waals surface area contributed by atoms with E-state index in [-0.39, 0.29) is 5.91 Å². The third-order valence-electron chi connectivity index (χ3n) is 4.77. The molecule has 0 radical (unpaired) electrons. The third-order valence-corrected chi connectivity index (χ3v) is 4.77. The second-order valence-corrected chi connectivity index (χ2v) is 5.48. The zero-order valence-electron chi connectivity index (χ0n) is 9.58. The quantitative estimate of drug-likeness (QED) is 0.727. The standard InChI is InChI=1S/C12H20N2O2/c13-9(15)2-6-14-10-8-3-7-16-11(8)12(10)4-1-5-12/h8,10-11,14H,1-7H2,(H2,13,15). The first-order chi connectivity index (χ1) is 7.74. The number of nitrogens with two attached hydrogens (primary N) is 1. The molecule has 0 aromatic carbocycles. The summed E-state index contributed by atoms with van der Waals surface area (Å²) in [6.07, 6.45) is 6.06. The van der Waals surface area contributed by atoms with Gasteiger partial charge in [0.15, 0.2) is 0 Å². The first-order valence-electron chi connectivity index (χ1n) is 6.37. The van der Waals surface area contributed by atoms with Crippen molar-refractivity contribution in [1.82, 2.24) is 5.32 Å². The molecule has 2 saturated carbocycles. The molecule has 0 aromatic heterocycles. The minimum Gasteiger partial charge on any atom is -0.377 e. The highest BCUT2D eigenvalue weighted by molar-refractivity contribution is 5.73. The summed E-state index contributed by atoms with van der Waals surface area (Å²) in [7, 11) is 0. The summed E-state index contributed by atoms with van der Waals surface area (Å²) in [5.41, 5.74) is 5.57. The van der Waals surface area contributed by atoms with Gasteiger partial charge in [-0.2, -0.15) is 0 Å². The fourth-order valence-corrected chi connectivity index (χ4v) is 3.91. The van der Waals surface area contributed by atoms with Crippen LogP contribution in [0, 0.1) is 11.3 Å². The second-order valence-electron chi connectivity index (χ2n) is 5.48. The summed E-state index contributed by atoms with van der Waals surface area (Å²) in [4.78, 5) is 10.7. The van der Waals surface area contributed by atoms with E-state index in [2.05, 4.69) is 5.32 Å². The SMILES string of the molecule is NC(=O)CCNC1C2CCOC2C12CCC2. The van der Waals surface area contributed by atoms with Crippen LogP contribution in [0.4, 0.5) is 0 Å². The summed E-state index contributed by atoms with van der Waals surface area (Å²) in [5.74, 6) is 0.474. The van der Waals surface area contributed by atoms with Crippen LogP contribution in [0.1, 0.15) is 32.1 Å². The summed E-state index contributed by atoms with van der Waals surface area (Å²) in [5, 5.41) is 3.53. The number of hydrogen-bond donors (Lipinski definition) is 2. The average Bonchev–Trinajstić information content (AvgIpc) is 2.55. The summed E-state index contributed by atoms with van der Waals surface area (Å²) >= 11 is 0. The molecule has 1 aliphatic heterocycles. The summed E-state index contributed by atoms with van der Waals surface area (Å²) < 4.78 is 5.84. The predicted octanol–water partition coefficient (Wildman–Crippen LogP) is 0.409. The van der Waals surface area contributed by atoms with Gasteiger partial charge in [0.25, 0.3) is 0 Å². The lowest BCUT2D eigenvalue weighted by Crippen LogP contribution is -2.71. The molecule has 4 heteroatoms. The number of ether oxygens (including phenoxy) is 1. The first-order valence-corrected chi connectivity index (χ1v) is 6.37. The van der Waals surface area contributed by atoms with Gasteiger partial charge in [0.2, 0.25) is 5.91 Å². The number of amides is 1. The van der Waals surface area contributed by atoms with E-state index in [1.54, 1.807) is 0 Å². The number of carbonyl (C=O) groups is 1. The average molecular weight is 224 g/mol. The van der Waals surface area contributed by atoms with Crippen molar-refractivity contribution < 1.29 is 9.53 Å². The van der Waals surface area contributed by atoms with Crippen molar-refractivity contribution in [3.05, 3.63) is 0 Å². The minimum atomic E-state index is -0.214. The van der Waals surface area contributed by atoms with Gasteiger partial charge in [-0.05, 0) is 19.3 Å². The third kappa shape index (κ3) is 1.32. The maximum atomic E-state index is 10.7. The Morgan fingerprint density at radius 2 is 2.31 bits per heavy atom. The normalized spacial score (nSPS) is 38.9. The van der Waals surface area contributed by atoms with Crippen LogP contribution in [0.15, 0.2) is 0 Å². The lowest BCUT2D eigenvalue weighted by atomic mass is 9.46. The molecule has 16 heavy (non-hydrogen) atoms. The maximum Gasteiger partial charge on any atom is 0.218 e. The van der Waals surface area contributed by atoms with Gasteiger partial charge in [0.05, 0.1) is 6.10 Å². The molecule has 3 unspecified atom stereocenters. The Hall–Kier alpha value is -0.610. The van der Waals surface area contributed by atoms with Crippen LogP contribution >= 0.6 is 0 Å². The van der Waals surface area contributed by atoms with Crippen molar-refractivity contribution in [2.45, 2.75) is 44.2 Å². The highest BCUT2D eigenvalue weighted by Gasteiger charge is 2.66. The molecule has 0 bridgehead atoms. The topological polar surface area (TPSA) is 64.4 Å². The molecule has 3 fully saturated rings. The molecule has 3 N–H and O–H groups in total. The van der Waals surface area contributed by atoms with Crippen molar-refractivity contribution in [1.29, 1.82) is 0 Å². The molecule has 90 valence electrons. The van der Waals surface area contributed by atoms with Gasteiger partial charge in [0, 0.05) is 36.9 Å². The Kier molecular flexibility index (Phi) is 2.44. The molecular weight excluding hydrogens is 204 g/mol. The Morgan fingerprint density at radius 1 is 1.50 bits per heavy atom.